The molecular weight excluding hydrogens is 246 g/mol. The van der Waals surface area contributed by atoms with Gasteiger partial charge in [-0.2, -0.15) is 0 Å². The van der Waals surface area contributed by atoms with Crippen LogP contribution in [0.1, 0.15) is 24.1 Å². The van der Waals surface area contributed by atoms with Crippen LogP contribution in [0.5, 0.6) is 5.75 Å². The summed E-state index contributed by atoms with van der Waals surface area (Å²) in [7, 11) is 0. The summed E-state index contributed by atoms with van der Waals surface area (Å²) in [6.07, 6.45) is 0. The van der Waals surface area contributed by atoms with E-state index in [0.717, 1.165) is 17.1 Å². The molecular formula is C15H16ClNO. The summed E-state index contributed by atoms with van der Waals surface area (Å²) >= 11 is 5.97. The van der Waals surface area contributed by atoms with Crippen LogP contribution in [0.25, 0.3) is 0 Å². The largest absolute Gasteiger partial charge is 0.508 e. The lowest BCUT2D eigenvalue weighted by atomic mass is 10.1. The van der Waals surface area contributed by atoms with Crippen LogP contribution >= 0.6 is 11.6 Å². The number of halogens is 1. The first-order valence-electron chi connectivity index (χ1n) is 5.92. The predicted octanol–water partition coefficient (Wildman–Crippen LogP) is 3.90. The van der Waals surface area contributed by atoms with Crippen molar-refractivity contribution in [2.24, 2.45) is 0 Å². The maximum absolute atomic E-state index is 9.21. The summed E-state index contributed by atoms with van der Waals surface area (Å²) in [6, 6.07) is 15.3. The third-order valence-corrected chi connectivity index (χ3v) is 3.13. The van der Waals surface area contributed by atoms with E-state index < -0.39 is 0 Å². The standard InChI is InChI=1S/C15H16ClNO/c1-11(13-3-2-4-14(16)9-13)17-10-12-5-7-15(18)8-6-12/h2-9,11,17-18H,10H2,1H3/t11-/m0/s1. The molecule has 2 rings (SSSR count). The Bertz CT molecular complexity index is 510. The number of nitrogens with one attached hydrogen (secondary N) is 1. The molecule has 0 fully saturated rings. The molecule has 0 amide bonds. The van der Waals surface area contributed by atoms with E-state index in [0.29, 0.717) is 5.75 Å². The molecule has 0 aliphatic carbocycles. The molecule has 2 aromatic carbocycles. The van der Waals surface area contributed by atoms with E-state index in [-0.39, 0.29) is 6.04 Å². The average Bonchev–Trinajstić information content (AvgIpc) is 2.38. The van der Waals surface area contributed by atoms with Crippen molar-refractivity contribution < 1.29 is 5.11 Å². The first-order valence-corrected chi connectivity index (χ1v) is 6.30. The zero-order valence-corrected chi connectivity index (χ0v) is 11.0. The quantitative estimate of drug-likeness (QED) is 0.875. The maximum Gasteiger partial charge on any atom is 0.115 e. The molecule has 0 unspecified atom stereocenters. The van der Waals surface area contributed by atoms with Gasteiger partial charge in [0.2, 0.25) is 0 Å². The first-order chi connectivity index (χ1) is 8.65. The number of hydrogen-bond acceptors (Lipinski definition) is 2. The number of rotatable bonds is 4. The topological polar surface area (TPSA) is 32.3 Å². The Morgan fingerprint density at radius 3 is 2.56 bits per heavy atom. The summed E-state index contributed by atoms with van der Waals surface area (Å²) < 4.78 is 0. The lowest BCUT2D eigenvalue weighted by molar-refractivity contribution is 0.474. The van der Waals surface area contributed by atoms with Crippen LogP contribution in [0.3, 0.4) is 0 Å². The molecule has 0 saturated carbocycles. The molecule has 0 saturated heterocycles. The highest BCUT2D eigenvalue weighted by Gasteiger charge is 2.05. The van der Waals surface area contributed by atoms with Gasteiger partial charge in [0.1, 0.15) is 5.75 Å². The van der Waals surface area contributed by atoms with Gasteiger partial charge < -0.3 is 10.4 Å². The van der Waals surface area contributed by atoms with Crippen LogP contribution < -0.4 is 5.32 Å². The molecule has 2 N–H and O–H groups in total. The second kappa shape index (κ2) is 5.89. The van der Waals surface area contributed by atoms with E-state index >= 15 is 0 Å². The molecule has 1 atom stereocenters. The van der Waals surface area contributed by atoms with Crippen molar-refractivity contribution in [2.45, 2.75) is 19.5 Å². The van der Waals surface area contributed by atoms with E-state index in [9.17, 15) is 5.11 Å². The van der Waals surface area contributed by atoms with Gasteiger partial charge >= 0.3 is 0 Å². The highest BCUT2D eigenvalue weighted by Crippen LogP contribution is 2.18. The first kappa shape index (κ1) is 12.9. The second-order valence-electron chi connectivity index (χ2n) is 4.32. The van der Waals surface area contributed by atoms with Crippen LogP contribution in [-0.2, 0) is 6.54 Å². The molecule has 0 heterocycles. The normalized spacial score (nSPS) is 12.3. The molecule has 0 aromatic heterocycles. The van der Waals surface area contributed by atoms with Gasteiger partial charge in [0, 0.05) is 17.6 Å². The zero-order chi connectivity index (χ0) is 13.0. The van der Waals surface area contributed by atoms with Crippen molar-refractivity contribution in [2.75, 3.05) is 0 Å². The van der Waals surface area contributed by atoms with Crippen molar-refractivity contribution in [1.29, 1.82) is 0 Å². The third-order valence-electron chi connectivity index (χ3n) is 2.90. The van der Waals surface area contributed by atoms with Crippen LogP contribution in [0, 0.1) is 0 Å². The minimum absolute atomic E-state index is 0.234. The molecule has 0 bridgehead atoms. The summed E-state index contributed by atoms with van der Waals surface area (Å²) in [6.45, 7) is 2.86. The summed E-state index contributed by atoms with van der Waals surface area (Å²) in [5, 5.41) is 13.4. The Labute approximate surface area is 112 Å². The molecule has 0 spiro atoms. The van der Waals surface area contributed by atoms with Gasteiger partial charge in [-0.15, -0.1) is 0 Å². The van der Waals surface area contributed by atoms with Gasteiger partial charge in [0.15, 0.2) is 0 Å². The number of aromatic hydroxyl groups is 1. The zero-order valence-electron chi connectivity index (χ0n) is 10.2. The molecule has 3 heteroatoms. The third kappa shape index (κ3) is 3.49. The fourth-order valence-electron chi connectivity index (χ4n) is 1.78. The highest BCUT2D eigenvalue weighted by molar-refractivity contribution is 6.30. The van der Waals surface area contributed by atoms with E-state index in [1.54, 1.807) is 12.1 Å². The second-order valence-corrected chi connectivity index (χ2v) is 4.76. The number of phenols is 1. The fraction of sp³-hybridized carbons (Fsp3) is 0.200. The lowest BCUT2D eigenvalue weighted by Gasteiger charge is -2.14. The number of benzene rings is 2. The predicted molar refractivity (Wildman–Crippen MR) is 74.8 cm³/mol. The van der Waals surface area contributed by atoms with Crippen molar-refractivity contribution >= 4 is 11.6 Å². The monoisotopic (exact) mass is 261 g/mol. The summed E-state index contributed by atoms with van der Waals surface area (Å²) in [5.74, 6) is 0.293. The molecule has 0 aliphatic heterocycles. The van der Waals surface area contributed by atoms with Gasteiger partial charge in [-0.1, -0.05) is 35.9 Å². The molecule has 94 valence electrons. The number of hydrogen-bond donors (Lipinski definition) is 2. The Morgan fingerprint density at radius 1 is 1.17 bits per heavy atom. The maximum atomic E-state index is 9.21. The molecule has 2 aromatic rings. The Morgan fingerprint density at radius 2 is 1.89 bits per heavy atom. The van der Waals surface area contributed by atoms with E-state index in [4.69, 9.17) is 11.6 Å². The van der Waals surface area contributed by atoms with Gasteiger partial charge in [-0.25, -0.2) is 0 Å². The SMILES string of the molecule is C[C@H](NCc1ccc(O)cc1)c1cccc(Cl)c1. The van der Waals surface area contributed by atoms with Crippen LogP contribution in [0.4, 0.5) is 0 Å². The smallest absolute Gasteiger partial charge is 0.115 e. The summed E-state index contributed by atoms with van der Waals surface area (Å²) in [5.41, 5.74) is 2.31. The molecule has 0 radical (unpaired) electrons. The van der Waals surface area contributed by atoms with Gasteiger partial charge in [0.05, 0.1) is 0 Å². The highest BCUT2D eigenvalue weighted by atomic mass is 35.5. The van der Waals surface area contributed by atoms with Crippen molar-refractivity contribution in [3.8, 4) is 5.75 Å². The lowest BCUT2D eigenvalue weighted by Crippen LogP contribution is -2.17. The van der Waals surface area contributed by atoms with Crippen LogP contribution in [-0.4, -0.2) is 5.11 Å². The molecule has 0 aliphatic rings. The van der Waals surface area contributed by atoms with Gasteiger partial charge in [0.25, 0.3) is 0 Å². The van der Waals surface area contributed by atoms with E-state index in [1.165, 1.54) is 5.56 Å². The minimum atomic E-state index is 0.234. The van der Waals surface area contributed by atoms with Crippen molar-refractivity contribution in [1.82, 2.24) is 5.32 Å². The van der Waals surface area contributed by atoms with Crippen LogP contribution in [0.15, 0.2) is 48.5 Å². The van der Waals surface area contributed by atoms with Crippen molar-refractivity contribution in [3.05, 3.63) is 64.7 Å². The fourth-order valence-corrected chi connectivity index (χ4v) is 1.98. The van der Waals surface area contributed by atoms with Crippen LogP contribution in [0.2, 0.25) is 5.02 Å². The Hall–Kier alpha value is -1.51. The van der Waals surface area contributed by atoms with Gasteiger partial charge in [-0.05, 0) is 42.3 Å². The van der Waals surface area contributed by atoms with Gasteiger partial charge in [-0.3, -0.25) is 0 Å². The van der Waals surface area contributed by atoms with E-state index in [2.05, 4.69) is 18.3 Å². The van der Waals surface area contributed by atoms with Crippen molar-refractivity contribution in [3.63, 3.8) is 0 Å². The number of phenolic OH excluding ortho intramolecular Hbond substituents is 1. The molecule has 18 heavy (non-hydrogen) atoms. The summed E-state index contributed by atoms with van der Waals surface area (Å²) in [4.78, 5) is 0. The Balaban J connectivity index is 1.96. The molecule has 2 nitrogen and oxygen atoms in total. The Kier molecular flexibility index (Phi) is 4.24. The average molecular weight is 262 g/mol. The van der Waals surface area contributed by atoms with E-state index in [1.807, 2.05) is 30.3 Å². The minimum Gasteiger partial charge on any atom is -0.508 e.